The first-order valence-corrected chi connectivity index (χ1v) is 9.83. The number of carbonyl (C=O) groups is 1. The fourth-order valence-corrected chi connectivity index (χ4v) is 3.75. The maximum atomic E-state index is 13.1. The zero-order chi connectivity index (χ0) is 18.5. The fourth-order valence-electron chi connectivity index (χ4n) is 2.46. The molecule has 26 heavy (non-hydrogen) atoms. The number of hydrogen-bond donors (Lipinski definition) is 0. The van der Waals surface area contributed by atoms with E-state index in [1.54, 1.807) is 23.2 Å². The van der Waals surface area contributed by atoms with Gasteiger partial charge in [0.1, 0.15) is 5.82 Å². The number of rotatable bonds is 5. The number of amidine groups is 1. The van der Waals surface area contributed by atoms with E-state index >= 15 is 0 Å². The lowest BCUT2D eigenvalue weighted by Gasteiger charge is -2.15. The van der Waals surface area contributed by atoms with Crippen molar-refractivity contribution < 1.29 is 9.18 Å². The van der Waals surface area contributed by atoms with Crippen LogP contribution in [-0.4, -0.2) is 27.4 Å². The van der Waals surface area contributed by atoms with Crippen molar-refractivity contribution in [2.75, 3.05) is 0 Å². The molecule has 1 unspecified atom stereocenters. The maximum absolute atomic E-state index is 13.1. The van der Waals surface area contributed by atoms with Crippen molar-refractivity contribution in [3.8, 4) is 0 Å². The predicted octanol–water partition coefficient (Wildman–Crippen LogP) is 4.83. The lowest BCUT2D eigenvalue weighted by Crippen LogP contribution is -2.31. The molecule has 2 aromatic carbocycles. The van der Waals surface area contributed by atoms with E-state index in [0.29, 0.717) is 11.7 Å². The molecule has 0 saturated carbocycles. The van der Waals surface area contributed by atoms with Crippen LogP contribution in [0.2, 0.25) is 0 Å². The number of benzene rings is 2. The molecule has 0 radical (unpaired) electrons. The molecule has 4 nitrogen and oxygen atoms in total. The largest absolute Gasteiger partial charge is 0.284 e. The first kappa shape index (κ1) is 18.8. The van der Waals surface area contributed by atoms with E-state index in [1.165, 1.54) is 23.9 Å². The van der Waals surface area contributed by atoms with Gasteiger partial charge in [0, 0.05) is 4.47 Å². The van der Waals surface area contributed by atoms with Gasteiger partial charge in [0.15, 0.2) is 5.17 Å². The van der Waals surface area contributed by atoms with Crippen LogP contribution in [0, 0.1) is 5.82 Å². The van der Waals surface area contributed by atoms with Crippen molar-refractivity contribution in [3.05, 3.63) is 69.9 Å². The standard InChI is InChI=1S/C19H17BrFN3OS/c1-2-17-18(25)24(12-14-5-9-16(21)10-6-14)19(26-17)23-22-11-13-3-7-15(20)8-4-13/h3-11,17H,2,12H2,1H3. The maximum Gasteiger partial charge on any atom is 0.242 e. The Morgan fingerprint density at radius 3 is 2.54 bits per heavy atom. The van der Waals surface area contributed by atoms with Crippen LogP contribution in [0.1, 0.15) is 24.5 Å². The molecule has 0 N–H and O–H groups in total. The molecule has 7 heteroatoms. The average Bonchev–Trinajstić information content (AvgIpc) is 2.94. The van der Waals surface area contributed by atoms with E-state index in [9.17, 15) is 9.18 Å². The number of thioether (sulfide) groups is 1. The van der Waals surface area contributed by atoms with Crippen molar-refractivity contribution in [1.82, 2.24) is 4.90 Å². The zero-order valence-corrected chi connectivity index (χ0v) is 16.5. The molecule has 1 aliphatic heterocycles. The number of hydrogen-bond acceptors (Lipinski definition) is 4. The first-order valence-electron chi connectivity index (χ1n) is 8.16. The summed E-state index contributed by atoms with van der Waals surface area (Å²) in [7, 11) is 0. The van der Waals surface area contributed by atoms with E-state index in [2.05, 4.69) is 26.1 Å². The van der Waals surface area contributed by atoms with Gasteiger partial charge in [0.05, 0.1) is 18.0 Å². The normalized spacial score (nSPS) is 19.0. The molecule has 1 heterocycles. The van der Waals surface area contributed by atoms with Crippen molar-refractivity contribution >= 4 is 45.0 Å². The summed E-state index contributed by atoms with van der Waals surface area (Å²) in [5, 5.41) is 8.80. The number of nitrogens with zero attached hydrogens (tertiary/aromatic N) is 3. The molecule has 0 aromatic heterocycles. The molecule has 2 aromatic rings. The Bertz CT molecular complexity index is 837. The summed E-state index contributed by atoms with van der Waals surface area (Å²) in [6.07, 6.45) is 2.37. The van der Waals surface area contributed by atoms with E-state index in [1.807, 2.05) is 31.2 Å². The SMILES string of the molecule is CCC1SC(=NN=Cc2ccc(Br)cc2)N(Cc2ccc(F)cc2)C1=O. The van der Waals surface area contributed by atoms with Gasteiger partial charge < -0.3 is 0 Å². The Labute approximate surface area is 164 Å². The smallest absolute Gasteiger partial charge is 0.242 e. The molecular formula is C19H17BrFN3OS. The first-order chi connectivity index (χ1) is 12.6. The van der Waals surface area contributed by atoms with Gasteiger partial charge in [0.2, 0.25) is 5.91 Å². The Morgan fingerprint density at radius 2 is 1.88 bits per heavy atom. The zero-order valence-electron chi connectivity index (χ0n) is 14.1. The summed E-state index contributed by atoms with van der Waals surface area (Å²) >= 11 is 4.81. The van der Waals surface area contributed by atoms with Crippen LogP contribution < -0.4 is 0 Å². The van der Waals surface area contributed by atoms with Gasteiger partial charge >= 0.3 is 0 Å². The quantitative estimate of drug-likeness (QED) is 0.500. The monoisotopic (exact) mass is 433 g/mol. The summed E-state index contributed by atoms with van der Waals surface area (Å²) in [6, 6.07) is 13.8. The highest BCUT2D eigenvalue weighted by Crippen LogP contribution is 2.30. The summed E-state index contributed by atoms with van der Waals surface area (Å²) in [5.41, 5.74) is 1.77. The minimum Gasteiger partial charge on any atom is -0.284 e. The second-order valence-electron chi connectivity index (χ2n) is 5.74. The molecular weight excluding hydrogens is 417 g/mol. The highest BCUT2D eigenvalue weighted by molar-refractivity contribution is 9.10. The van der Waals surface area contributed by atoms with Crippen molar-refractivity contribution in [1.29, 1.82) is 0 Å². The van der Waals surface area contributed by atoms with Crippen LogP contribution in [0.4, 0.5) is 4.39 Å². The van der Waals surface area contributed by atoms with Gasteiger partial charge in [0.25, 0.3) is 0 Å². The fraction of sp³-hybridized carbons (Fsp3) is 0.211. The number of halogens is 2. The summed E-state index contributed by atoms with van der Waals surface area (Å²) in [6.45, 7) is 2.33. The second kappa shape index (κ2) is 8.60. The summed E-state index contributed by atoms with van der Waals surface area (Å²) < 4.78 is 14.1. The minimum absolute atomic E-state index is 0.0133. The van der Waals surface area contributed by atoms with Crippen molar-refractivity contribution in [3.63, 3.8) is 0 Å². The van der Waals surface area contributed by atoms with Gasteiger partial charge in [-0.25, -0.2) is 4.39 Å². The third kappa shape index (κ3) is 4.59. The molecule has 1 amide bonds. The van der Waals surface area contributed by atoms with Gasteiger partial charge in [-0.1, -0.05) is 58.9 Å². The van der Waals surface area contributed by atoms with E-state index in [4.69, 9.17) is 0 Å². The highest BCUT2D eigenvalue weighted by Gasteiger charge is 2.36. The molecule has 1 atom stereocenters. The van der Waals surface area contributed by atoms with Crippen LogP contribution in [0.25, 0.3) is 0 Å². The minimum atomic E-state index is -0.296. The Hall–Kier alpha value is -1.99. The topological polar surface area (TPSA) is 45.0 Å². The Kier molecular flexibility index (Phi) is 6.21. The van der Waals surface area contributed by atoms with Crippen LogP contribution in [0.3, 0.4) is 0 Å². The van der Waals surface area contributed by atoms with Crippen LogP contribution >= 0.6 is 27.7 Å². The second-order valence-corrected chi connectivity index (χ2v) is 7.83. The highest BCUT2D eigenvalue weighted by atomic mass is 79.9. The van der Waals surface area contributed by atoms with E-state index in [0.717, 1.165) is 22.0 Å². The molecule has 0 bridgehead atoms. The van der Waals surface area contributed by atoms with Crippen molar-refractivity contribution in [2.24, 2.45) is 10.2 Å². The third-order valence-corrected chi connectivity index (χ3v) is 5.73. The van der Waals surface area contributed by atoms with E-state index < -0.39 is 0 Å². The van der Waals surface area contributed by atoms with Crippen LogP contribution in [0.15, 0.2) is 63.2 Å². The average molecular weight is 434 g/mol. The molecule has 1 fully saturated rings. The molecule has 0 spiro atoms. The lowest BCUT2D eigenvalue weighted by atomic mass is 10.2. The van der Waals surface area contributed by atoms with Gasteiger partial charge in [-0.3, -0.25) is 9.69 Å². The van der Waals surface area contributed by atoms with Gasteiger partial charge in [-0.2, -0.15) is 5.10 Å². The number of carbonyl (C=O) groups excluding carboxylic acids is 1. The van der Waals surface area contributed by atoms with Crippen LogP contribution in [-0.2, 0) is 11.3 Å². The lowest BCUT2D eigenvalue weighted by molar-refractivity contribution is -0.126. The molecule has 0 aliphatic carbocycles. The Morgan fingerprint density at radius 1 is 1.19 bits per heavy atom. The molecule has 1 aliphatic rings. The Balaban J connectivity index is 1.78. The molecule has 1 saturated heterocycles. The summed E-state index contributed by atoms with van der Waals surface area (Å²) in [5.74, 6) is -0.283. The molecule has 3 rings (SSSR count). The van der Waals surface area contributed by atoms with Crippen molar-refractivity contribution in [2.45, 2.75) is 25.1 Å². The van der Waals surface area contributed by atoms with E-state index in [-0.39, 0.29) is 17.0 Å². The predicted molar refractivity (Wildman–Crippen MR) is 108 cm³/mol. The van der Waals surface area contributed by atoms with Gasteiger partial charge in [-0.15, -0.1) is 5.10 Å². The summed E-state index contributed by atoms with van der Waals surface area (Å²) in [4.78, 5) is 14.2. The van der Waals surface area contributed by atoms with Gasteiger partial charge in [-0.05, 0) is 41.8 Å². The molecule has 134 valence electrons. The van der Waals surface area contributed by atoms with Crippen LogP contribution in [0.5, 0.6) is 0 Å². The third-order valence-electron chi connectivity index (χ3n) is 3.86. The number of amides is 1.